The van der Waals surface area contributed by atoms with E-state index in [-0.39, 0.29) is 30.2 Å². The Labute approximate surface area is 191 Å². The van der Waals surface area contributed by atoms with Gasteiger partial charge in [-0.15, -0.1) is 0 Å². The Bertz CT molecular complexity index is 1140. The van der Waals surface area contributed by atoms with Gasteiger partial charge in [-0.1, -0.05) is 41.9 Å². The number of ether oxygens (including phenoxy) is 1. The molecule has 0 unspecified atom stereocenters. The highest BCUT2D eigenvalue weighted by Gasteiger charge is 2.23. The van der Waals surface area contributed by atoms with Crippen molar-refractivity contribution >= 4 is 28.4 Å². The molecule has 3 aromatic rings. The molecule has 2 N–H and O–H groups in total. The maximum absolute atomic E-state index is 12.9. The van der Waals surface area contributed by atoms with Crippen LogP contribution in [0.5, 0.6) is 0 Å². The van der Waals surface area contributed by atoms with Crippen LogP contribution in [0.2, 0.25) is 5.02 Å². The Morgan fingerprint density at radius 1 is 1.28 bits per heavy atom. The van der Waals surface area contributed by atoms with Crippen LogP contribution >= 0.6 is 11.6 Å². The van der Waals surface area contributed by atoms with Crippen molar-refractivity contribution in [3.05, 3.63) is 75.3 Å². The molecular weight excluding hydrogens is 428 g/mol. The number of rotatable bonds is 8. The largest absolute Gasteiger partial charge is 0.377 e. The lowest BCUT2D eigenvalue weighted by Gasteiger charge is -2.25. The Morgan fingerprint density at radius 3 is 2.84 bits per heavy atom. The number of carbonyl (C=O) groups excluding carboxylic acids is 1. The molecule has 4 rings (SSSR count). The van der Waals surface area contributed by atoms with E-state index >= 15 is 0 Å². The summed E-state index contributed by atoms with van der Waals surface area (Å²) >= 11 is 6.27. The molecule has 1 fully saturated rings. The summed E-state index contributed by atoms with van der Waals surface area (Å²) in [5.74, 6) is 0.400. The average Bonchev–Trinajstić information content (AvgIpc) is 3.27. The molecule has 1 aliphatic heterocycles. The molecule has 2 aromatic carbocycles. The average molecular weight is 455 g/mol. The molecule has 8 heteroatoms. The maximum Gasteiger partial charge on any atom is 0.258 e. The molecule has 32 heavy (non-hydrogen) atoms. The van der Waals surface area contributed by atoms with Crippen molar-refractivity contribution in [3.63, 3.8) is 0 Å². The second-order valence-corrected chi connectivity index (χ2v) is 8.55. The lowest BCUT2D eigenvalue weighted by atomic mass is 10.1. The normalized spacial score (nSPS) is 17.0. The Balaban J connectivity index is 1.48. The highest BCUT2D eigenvalue weighted by molar-refractivity contribution is 6.31. The van der Waals surface area contributed by atoms with Gasteiger partial charge in [0.05, 0.1) is 36.1 Å². The van der Waals surface area contributed by atoms with Gasteiger partial charge in [0.15, 0.2) is 0 Å². The molecule has 0 saturated carbocycles. The van der Waals surface area contributed by atoms with E-state index in [9.17, 15) is 9.59 Å². The number of halogens is 1. The van der Waals surface area contributed by atoms with Gasteiger partial charge in [-0.2, -0.15) is 0 Å². The van der Waals surface area contributed by atoms with Gasteiger partial charge in [-0.25, -0.2) is 4.98 Å². The number of hydrogen-bond acceptors (Lipinski definition) is 5. The summed E-state index contributed by atoms with van der Waals surface area (Å²) in [6.45, 7) is 3.73. The molecule has 168 valence electrons. The van der Waals surface area contributed by atoms with Crippen LogP contribution in [-0.2, 0) is 16.1 Å². The molecule has 1 aliphatic rings. The van der Waals surface area contributed by atoms with E-state index in [0.29, 0.717) is 34.8 Å². The van der Waals surface area contributed by atoms with Gasteiger partial charge in [0.25, 0.3) is 5.56 Å². The molecule has 1 aromatic heterocycles. The number of amides is 1. The Hall–Kier alpha value is -2.74. The Morgan fingerprint density at radius 2 is 2.06 bits per heavy atom. The van der Waals surface area contributed by atoms with E-state index in [0.717, 1.165) is 25.0 Å². The molecule has 0 bridgehead atoms. The van der Waals surface area contributed by atoms with Gasteiger partial charge in [-0.05, 0) is 43.5 Å². The number of nitrogens with one attached hydrogen (secondary N) is 2. The summed E-state index contributed by atoms with van der Waals surface area (Å²) in [7, 11) is 0. The Kier molecular flexibility index (Phi) is 7.19. The summed E-state index contributed by atoms with van der Waals surface area (Å²) < 4.78 is 5.78. The monoisotopic (exact) mass is 454 g/mol. The minimum absolute atomic E-state index is 0.0657. The van der Waals surface area contributed by atoms with Crippen molar-refractivity contribution in [1.82, 2.24) is 20.2 Å². The van der Waals surface area contributed by atoms with Gasteiger partial charge >= 0.3 is 0 Å². The number of fused-ring (bicyclic) bond motifs is 1. The number of H-pyrrole nitrogens is 1. The fraction of sp³-hybridized carbons (Fsp3) is 0.375. The number of benzene rings is 2. The summed E-state index contributed by atoms with van der Waals surface area (Å²) in [5, 5.41) is 4.19. The second-order valence-electron chi connectivity index (χ2n) is 8.15. The fourth-order valence-electron chi connectivity index (χ4n) is 4.08. The highest BCUT2D eigenvalue weighted by Crippen LogP contribution is 2.22. The first kappa shape index (κ1) is 22.5. The molecule has 0 aliphatic carbocycles. The lowest BCUT2D eigenvalue weighted by Crippen LogP contribution is -2.41. The number of para-hydroxylation sites is 1. The zero-order chi connectivity index (χ0) is 22.5. The van der Waals surface area contributed by atoms with Gasteiger partial charge in [0, 0.05) is 18.2 Å². The van der Waals surface area contributed by atoms with Crippen LogP contribution in [0.3, 0.4) is 0 Å². The fourth-order valence-corrected chi connectivity index (χ4v) is 4.38. The van der Waals surface area contributed by atoms with Crippen molar-refractivity contribution in [1.29, 1.82) is 0 Å². The van der Waals surface area contributed by atoms with Crippen molar-refractivity contribution < 1.29 is 9.53 Å². The second kappa shape index (κ2) is 10.3. The van der Waals surface area contributed by atoms with Gasteiger partial charge in [0.2, 0.25) is 5.91 Å². The summed E-state index contributed by atoms with van der Waals surface area (Å²) in [4.78, 5) is 34.7. The first-order chi connectivity index (χ1) is 15.5. The number of carbonyl (C=O) groups is 1. The minimum atomic E-state index is -0.223. The van der Waals surface area contributed by atoms with Crippen LogP contribution in [-0.4, -0.2) is 46.6 Å². The van der Waals surface area contributed by atoms with Crippen molar-refractivity contribution in [2.75, 3.05) is 19.7 Å². The lowest BCUT2D eigenvalue weighted by molar-refractivity contribution is -0.123. The highest BCUT2D eigenvalue weighted by atomic mass is 35.5. The molecule has 1 saturated heterocycles. The molecule has 2 atom stereocenters. The maximum atomic E-state index is 12.9. The van der Waals surface area contributed by atoms with E-state index in [1.54, 1.807) is 6.07 Å². The van der Waals surface area contributed by atoms with Gasteiger partial charge < -0.3 is 15.0 Å². The van der Waals surface area contributed by atoms with Crippen LogP contribution in [0.25, 0.3) is 10.9 Å². The summed E-state index contributed by atoms with van der Waals surface area (Å²) in [5.41, 5.74) is 1.33. The predicted octanol–water partition coefficient (Wildman–Crippen LogP) is 3.43. The van der Waals surface area contributed by atoms with E-state index in [1.807, 2.05) is 54.3 Å². The van der Waals surface area contributed by atoms with Gasteiger partial charge in [-0.3, -0.25) is 14.5 Å². The van der Waals surface area contributed by atoms with E-state index in [2.05, 4.69) is 15.3 Å². The van der Waals surface area contributed by atoms with Crippen LogP contribution < -0.4 is 10.9 Å². The third-order valence-electron chi connectivity index (χ3n) is 5.64. The first-order valence-corrected chi connectivity index (χ1v) is 11.2. The smallest absolute Gasteiger partial charge is 0.258 e. The standard InChI is InChI=1S/C24H27ClN4O3/c1-16(18-8-2-4-10-20(18)25)26-23(30)15-29(13-17-7-6-12-32-17)14-22-27-21-11-5-3-9-19(21)24(31)28-22/h2-5,8-11,16-17H,6-7,12-15H2,1H3,(H,26,30)(H,27,28,31)/t16-,17-/m0/s1. The van der Waals surface area contributed by atoms with Gasteiger partial charge in [0.1, 0.15) is 5.82 Å². The van der Waals surface area contributed by atoms with Crippen LogP contribution in [0.4, 0.5) is 0 Å². The van der Waals surface area contributed by atoms with Crippen molar-refractivity contribution in [2.45, 2.75) is 38.5 Å². The molecule has 1 amide bonds. The summed E-state index contributed by atoms with van der Waals surface area (Å²) in [6.07, 6.45) is 2.03. The molecular formula is C24H27ClN4O3. The number of aromatic amines is 1. The molecule has 2 heterocycles. The molecule has 0 spiro atoms. The van der Waals surface area contributed by atoms with E-state index in [4.69, 9.17) is 16.3 Å². The minimum Gasteiger partial charge on any atom is -0.377 e. The van der Waals surface area contributed by atoms with Crippen molar-refractivity contribution in [2.24, 2.45) is 0 Å². The van der Waals surface area contributed by atoms with E-state index < -0.39 is 0 Å². The zero-order valence-electron chi connectivity index (χ0n) is 18.0. The predicted molar refractivity (Wildman–Crippen MR) is 125 cm³/mol. The number of nitrogens with zero attached hydrogens (tertiary/aromatic N) is 2. The zero-order valence-corrected chi connectivity index (χ0v) is 18.8. The van der Waals surface area contributed by atoms with E-state index in [1.165, 1.54) is 0 Å². The van der Waals surface area contributed by atoms with Crippen LogP contribution in [0.1, 0.15) is 37.2 Å². The van der Waals surface area contributed by atoms with Crippen LogP contribution in [0.15, 0.2) is 53.3 Å². The summed E-state index contributed by atoms with van der Waals surface area (Å²) in [6, 6.07) is 14.5. The number of hydrogen-bond donors (Lipinski definition) is 2. The molecule has 0 radical (unpaired) electrons. The topological polar surface area (TPSA) is 87.3 Å². The first-order valence-electron chi connectivity index (χ1n) is 10.9. The third kappa shape index (κ3) is 5.54. The quantitative estimate of drug-likeness (QED) is 0.544. The van der Waals surface area contributed by atoms with Crippen molar-refractivity contribution in [3.8, 4) is 0 Å². The SMILES string of the molecule is C[C@H](NC(=O)CN(Cc1nc2ccccc2c(=O)[nH]1)C[C@@H]1CCCO1)c1ccccc1Cl. The number of aromatic nitrogens is 2. The molecule has 7 nitrogen and oxygen atoms in total. The van der Waals surface area contributed by atoms with Crippen LogP contribution in [0, 0.1) is 0 Å². The third-order valence-corrected chi connectivity index (χ3v) is 5.98.